The van der Waals surface area contributed by atoms with Gasteiger partial charge in [0, 0.05) is 55.0 Å². The number of nitrogens with two attached hydrogens (primary N) is 1. The molecule has 37 heavy (non-hydrogen) atoms. The van der Waals surface area contributed by atoms with Crippen LogP contribution in [-0.2, 0) is 9.59 Å². The fraction of sp³-hybridized carbons (Fsp3) is 0.148. The molecule has 5 rings (SSSR count). The van der Waals surface area contributed by atoms with E-state index in [9.17, 15) is 19.2 Å². The number of nitrogens with one attached hydrogen (secondary N) is 1. The highest BCUT2D eigenvalue weighted by Crippen LogP contribution is 2.28. The number of hydrogen-bond acceptors (Lipinski definition) is 5. The third-order valence-corrected chi connectivity index (χ3v) is 6.27. The summed E-state index contributed by atoms with van der Waals surface area (Å²) in [6.45, 7) is 2.70. The second kappa shape index (κ2) is 9.23. The minimum atomic E-state index is -0.585. The molecule has 3 N–H and O–H groups in total. The summed E-state index contributed by atoms with van der Waals surface area (Å²) in [5.41, 5.74) is 9.92. The molecule has 1 aliphatic rings. The summed E-state index contributed by atoms with van der Waals surface area (Å²) in [6, 6.07) is 15.6. The maximum Gasteiger partial charge on any atom is 0.316 e. The van der Waals surface area contributed by atoms with Gasteiger partial charge in [0.05, 0.1) is 11.2 Å². The number of aryl methyl sites for hydroxylation is 1. The van der Waals surface area contributed by atoms with Gasteiger partial charge in [0.2, 0.25) is 5.91 Å². The Kier molecular flexibility index (Phi) is 5.92. The average molecular weight is 497 g/mol. The molecule has 0 spiro atoms. The lowest BCUT2D eigenvalue weighted by Gasteiger charge is -2.31. The highest BCUT2D eigenvalue weighted by atomic mass is 16.2. The van der Waals surface area contributed by atoms with E-state index in [1.165, 1.54) is 15.9 Å². The molecule has 10 heteroatoms. The van der Waals surface area contributed by atoms with Crippen LogP contribution in [0.3, 0.4) is 0 Å². The summed E-state index contributed by atoms with van der Waals surface area (Å²) in [6.07, 6.45) is 3.72. The smallest absolute Gasteiger partial charge is 0.316 e. The van der Waals surface area contributed by atoms with Gasteiger partial charge >= 0.3 is 11.8 Å². The van der Waals surface area contributed by atoms with Crippen molar-refractivity contribution in [3.05, 3.63) is 83.9 Å². The van der Waals surface area contributed by atoms with E-state index < -0.39 is 23.6 Å². The maximum absolute atomic E-state index is 13.1. The SMILES string of the molecule is Cc1cn2cc(-c3ccc(N4CCN(C)C(=O)C4=O)cc3)cc2c(C(=O)Nc2cccc(C(N)=O)c2)n1. The number of nitrogens with zero attached hydrogens (tertiary/aromatic N) is 4. The van der Waals surface area contributed by atoms with Crippen LogP contribution in [0, 0.1) is 6.92 Å². The van der Waals surface area contributed by atoms with Crippen molar-refractivity contribution in [2.45, 2.75) is 6.92 Å². The van der Waals surface area contributed by atoms with Crippen molar-refractivity contribution in [1.82, 2.24) is 14.3 Å². The molecule has 0 radical (unpaired) electrons. The minimum Gasteiger partial charge on any atom is -0.366 e. The molecule has 186 valence electrons. The number of rotatable bonds is 5. The molecule has 0 aliphatic carbocycles. The summed E-state index contributed by atoms with van der Waals surface area (Å²) >= 11 is 0. The van der Waals surface area contributed by atoms with Crippen molar-refractivity contribution in [1.29, 1.82) is 0 Å². The van der Waals surface area contributed by atoms with Gasteiger partial charge in [-0.15, -0.1) is 0 Å². The van der Waals surface area contributed by atoms with Gasteiger partial charge in [0.25, 0.3) is 5.91 Å². The number of likely N-dealkylation sites (N-methyl/N-ethyl adjacent to an activating group) is 1. The molecule has 1 saturated heterocycles. The number of amides is 4. The van der Waals surface area contributed by atoms with Crippen LogP contribution in [0.1, 0.15) is 26.5 Å². The predicted molar refractivity (Wildman–Crippen MR) is 138 cm³/mol. The van der Waals surface area contributed by atoms with Crippen LogP contribution in [0.25, 0.3) is 16.6 Å². The van der Waals surface area contributed by atoms with Gasteiger partial charge in [0.1, 0.15) is 0 Å². The number of aromatic nitrogens is 2. The first-order valence-electron chi connectivity index (χ1n) is 11.6. The molecule has 4 amide bonds. The summed E-state index contributed by atoms with van der Waals surface area (Å²) < 4.78 is 1.84. The second-order valence-electron chi connectivity index (χ2n) is 8.88. The third kappa shape index (κ3) is 4.52. The number of hydrogen-bond donors (Lipinski definition) is 2. The molecule has 0 saturated carbocycles. The van der Waals surface area contributed by atoms with E-state index in [0.717, 1.165) is 11.1 Å². The second-order valence-corrected chi connectivity index (χ2v) is 8.88. The number of carbonyl (C=O) groups is 4. The Bertz CT molecular complexity index is 1570. The van der Waals surface area contributed by atoms with E-state index in [2.05, 4.69) is 10.3 Å². The van der Waals surface area contributed by atoms with Crippen molar-refractivity contribution in [3.63, 3.8) is 0 Å². The first-order valence-corrected chi connectivity index (χ1v) is 11.6. The molecule has 4 aromatic rings. The number of fused-ring (bicyclic) bond motifs is 1. The quantitative estimate of drug-likeness (QED) is 0.410. The van der Waals surface area contributed by atoms with E-state index in [-0.39, 0.29) is 11.3 Å². The largest absolute Gasteiger partial charge is 0.366 e. The molecule has 0 bridgehead atoms. The average Bonchev–Trinajstić information content (AvgIpc) is 3.31. The molecule has 1 fully saturated rings. The fourth-order valence-electron chi connectivity index (χ4n) is 4.32. The van der Waals surface area contributed by atoms with Gasteiger partial charge in [-0.05, 0) is 48.9 Å². The standard InChI is InChI=1S/C27H24N6O4/c1-16-14-32-15-19(17-6-8-21(9-7-17)33-11-10-31(2)26(36)27(33)37)13-22(32)23(29-16)25(35)30-20-5-3-4-18(12-20)24(28)34/h3-9,12-15H,10-11H2,1-2H3,(H2,28,34)(H,30,35). The molecule has 0 unspecified atom stereocenters. The minimum absolute atomic E-state index is 0.230. The molecule has 10 nitrogen and oxygen atoms in total. The molecule has 3 heterocycles. The number of piperazine rings is 1. The zero-order chi connectivity index (χ0) is 26.3. The van der Waals surface area contributed by atoms with E-state index in [0.29, 0.717) is 35.7 Å². The van der Waals surface area contributed by atoms with Crippen molar-refractivity contribution in [3.8, 4) is 11.1 Å². The highest BCUT2D eigenvalue weighted by molar-refractivity contribution is 6.40. The first-order chi connectivity index (χ1) is 17.7. The van der Waals surface area contributed by atoms with Gasteiger partial charge in [0.15, 0.2) is 5.69 Å². The third-order valence-electron chi connectivity index (χ3n) is 6.27. The Morgan fingerprint density at radius 3 is 2.43 bits per heavy atom. The van der Waals surface area contributed by atoms with E-state index in [1.807, 2.05) is 35.0 Å². The van der Waals surface area contributed by atoms with Crippen LogP contribution in [-0.4, -0.2) is 58.1 Å². The molecule has 0 atom stereocenters. The van der Waals surface area contributed by atoms with Crippen LogP contribution >= 0.6 is 0 Å². The number of benzene rings is 2. The number of anilines is 2. The van der Waals surface area contributed by atoms with Gasteiger partial charge in [-0.3, -0.25) is 19.2 Å². The lowest BCUT2D eigenvalue weighted by atomic mass is 10.1. The van der Waals surface area contributed by atoms with Crippen molar-refractivity contribution in [2.24, 2.45) is 5.73 Å². The van der Waals surface area contributed by atoms with Crippen LogP contribution in [0.4, 0.5) is 11.4 Å². The van der Waals surface area contributed by atoms with Crippen molar-refractivity contribution >= 4 is 40.5 Å². The summed E-state index contributed by atoms with van der Waals surface area (Å²) in [5.74, 6) is -2.08. The molecule has 2 aromatic heterocycles. The van der Waals surface area contributed by atoms with E-state index in [1.54, 1.807) is 44.3 Å². The van der Waals surface area contributed by atoms with Crippen molar-refractivity contribution < 1.29 is 19.2 Å². The van der Waals surface area contributed by atoms with Gasteiger partial charge in [-0.2, -0.15) is 0 Å². The lowest BCUT2D eigenvalue weighted by Crippen LogP contribution is -2.52. The van der Waals surface area contributed by atoms with Crippen LogP contribution in [0.5, 0.6) is 0 Å². The number of carbonyl (C=O) groups excluding carboxylic acids is 4. The highest BCUT2D eigenvalue weighted by Gasteiger charge is 2.31. The Balaban J connectivity index is 1.43. The van der Waals surface area contributed by atoms with Crippen LogP contribution in [0.2, 0.25) is 0 Å². The maximum atomic E-state index is 13.1. The molecular formula is C27H24N6O4. The molecular weight excluding hydrogens is 472 g/mol. The zero-order valence-corrected chi connectivity index (χ0v) is 20.3. The molecule has 1 aliphatic heterocycles. The van der Waals surface area contributed by atoms with Crippen LogP contribution < -0.4 is 16.0 Å². The van der Waals surface area contributed by atoms with Gasteiger partial charge < -0.3 is 25.3 Å². The number of primary amides is 1. The Labute approximate surface area is 212 Å². The topological polar surface area (TPSA) is 130 Å². The lowest BCUT2D eigenvalue weighted by molar-refractivity contribution is -0.145. The predicted octanol–water partition coefficient (Wildman–Crippen LogP) is 2.47. The molecule has 2 aromatic carbocycles. The van der Waals surface area contributed by atoms with Crippen LogP contribution in [0.15, 0.2) is 67.0 Å². The Morgan fingerprint density at radius 2 is 1.70 bits per heavy atom. The zero-order valence-electron chi connectivity index (χ0n) is 20.3. The summed E-state index contributed by atoms with van der Waals surface area (Å²) in [4.78, 5) is 56.4. The Hall–Kier alpha value is -4.99. The van der Waals surface area contributed by atoms with E-state index in [4.69, 9.17) is 5.73 Å². The van der Waals surface area contributed by atoms with Gasteiger partial charge in [-0.25, -0.2) is 4.98 Å². The van der Waals surface area contributed by atoms with Crippen molar-refractivity contribution in [2.75, 3.05) is 30.4 Å². The first kappa shape index (κ1) is 23.7. The fourth-order valence-corrected chi connectivity index (χ4v) is 4.32. The summed E-state index contributed by atoms with van der Waals surface area (Å²) in [7, 11) is 1.61. The summed E-state index contributed by atoms with van der Waals surface area (Å²) in [5, 5.41) is 2.79. The Morgan fingerprint density at radius 1 is 0.946 bits per heavy atom. The monoisotopic (exact) mass is 496 g/mol. The van der Waals surface area contributed by atoms with Gasteiger partial charge in [-0.1, -0.05) is 18.2 Å². The van der Waals surface area contributed by atoms with E-state index >= 15 is 0 Å². The normalized spacial score (nSPS) is 13.8.